The molecule has 0 radical (unpaired) electrons. The molecular weight excluding hydrogens is 937 g/mol. The third-order valence-corrected chi connectivity index (χ3v) is 17.1. The Morgan fingerprint density at radius 2 is 0.397 bits per heavy atom. The van der Waals surface area contributed by atoms with Gasteiger partial charge in [0.15, 0.2) is 0 Å². The summed E-state index contributed by atoms with van der Waals surface area (Å²) in [5.74, 6) is 6.54. The van der Waals surface area contributed by atoms with Crippen LogP contribution in [0.5, 0.6) is 0 Å². The predicted octanol–water partition coefficient (Wildman–Crippen LogP) is 25.5. The van der Waals surface area contributed by atoms with Crippen molar-refractivity contribution >= 4 is 64.6 Å². The summed E-state index contributed by atoms with van der Waals surface area (Å²) in [6.07, 6.45) is 0. The van der Waals surface area contributed by atoms with E-state index in [1.807, 2.05) is 0 Å². The molecule has 0 saturated heterocycles. The van der Waals surface area contributed by atoms with Gasteiger partial charge in [-0.05, 0) is 239 Å². The molecule has 0 spiro atoms. The topological polar surface area (TPSA) is 0 Å². The number of hydrogen-bond donors (Lipinski definition) is 0. The number of hydrogen-bond acceptors (Lipinski definition) is 0. The third-order valence-electron chi connectivity index (χ3n) is 17.1. The molecule has 0 atom stereocenters. The first-order valence-electron chi connectivity index (χ1n) is 30.7. The highest BCUT2D eigenvalue weighted by molar-refractivity contribution is 6.04. The van der Waals surface area contributed by atoms with Crippen LogP contribution in [0.25, 0.3) is 64.6 Å². The summed E-state index contributed by atoms with van der Waals surface area (Å²) in [5.41, 5.74) is 18.1. The van der Waals surface area contributed by atoms with Crippen LogP contribution in [-0.4, -0.2) is 0 Å². The van der Waals surface area contributed by atoms with Crippen LogP contribution in [0.4, 0.5) is 0 Å². The highest BCUT2D eigenvalue weighted by atomic mass is 14.3. The van der Waals surface area contributed by atoms with Gasteiger partial charge in [0, 0.05) is 0 Å². The summed E-state index contributed by atoms with van der Waals surface area (Å²) in [7, 11) is 0. The van der Waals surface area contributed by atoms with Gasteiger partial charge in [-0.2, -0.15) is 0 Å². The average molecular weight is 1040 g/mol. The molecule has 0 heterocycles. The quantitative estimate of drug-likeness (QED) is 0.107. The lowest BCUT2D eigenvalue weighted by molar-refractivity contribution is 0.796. The highest BCUT2D eigenvalue weighted by Gasteiger charge is 2.22. The molecule has 414 valence electrons. The molecule has 0 aliphatic rings. The van der Waals surface area contributed by atoms with Gasteiger partial charge in [-0.1, -0.05) is 239 Å². The van der Waals surface area contributed by atoms with Crippen molar-refractivity contribution in [3.63, 3.8) is 0 Å². The molecule has 0 nitrogen and oxygen atoms in total. The number of rotatable bonds is 12. The first kappa shape index (κ1) is 60.2. The van der Waals surface area contributed by atoms with Crippen LogP contribution < -0.4 is 0 Å². The van der Waals surface area contributed by atoms with E-state index in [4.69, 9.17) is 0 Å². The van der Waals surface area contributed by atoms with Crippen molar-refractivity contribution in [3.05, 3.63) is 176 Å². The maximum atomic E-state index is 2.49. The lowest BCUT2D eigenvalue weighted by Crippen LogP contribution is -2.02. The van der Waals surface area contributed by atoms with Crippen molar-refractivity contribution in [2.75, 3.05) is 0 Å². The summed E-state index contributed by atoms with van der Waals surface area (Å²) >= 11 is 0. The van der Waals surface area contributed by atoms with Crippen molar-refractivity contribution in [1.82, 2.24) is 0 Å². The predicted molar refractivity (Wildman–Crippen MR) is 353 cm³/mol. The normalized spacial score (nSPS) is 12.5. The van der Waals surface area contributed by atoms with Crippen molar-refractivity contribution in [3.8, 4) is 0 Å². The fourth-order valence-electron chi connectivity index (χ4n) is 13.3. The molecule has 9 aromatic rings. The van der Waals surface area contributed by atoms with E-state index in [1.165, 1.54) is 131 Å². The van der Waals surface area contributed by atoms with Gasteiger partial charge in [-0.25, -0.2) is 0 Å². The molecule has 78 heavy (non-hydrogen) atoms. The molecule has 0 bridgehead atoms. The summed E-state index contributed by atoms with van der Waals surface area (Å²) < 4.78 is 0. The molecule has 0 fully saturated rings. The minimum Gasteiger partial charge on any atom is -0.0587 e. The number of benzene rings is 9. The van der Waals surface area contributed by atoms with Gasteiger partial charge in [-0.15, -0.1) is 0 Å². The zero-order valence-corrected chi connectivity index (χ0v) is 53.3. The van der Waals surface area contributed by atoms with E-state index in [1.54, 1.807) is 0 Å². The highest BCUT2D eigenvalue weighted by Crippen LogP contribution is 2.43. The Balaban J connectivity index is 0.000000170. The van der Waals surface area contributed by atoms with Gasteiger partial charge >= 0.3 is 0 Å². The first-order valence-corrected chi connectivity index (χ1v) is 30.7. The molecule has 0 aromatic heterocycles. The molecule has 0 N–H and O–H groups in total. The lowest BCUT2D eigenvalue weighted by atomic mass is 9.82. The maximum Gasteiger partial charge on any atom is -0.0140 e. The molecule has 0 heteroatoms. The average Bonchev–Trinajstić information content (AvgIpc) is 3.57. The molecule has 0 aliphatic heterocycles. The summed E-state index contributed by atoms with van der Waals surface area (Å²) in [5, 5.41) is 16.9. The zero-order valence-electron chi connectivity index (χ0n) is 53.3. The van der Waals surface area contributed by atoms with Crippen LogP contribution in [0.15, 0.2) is 109 Å². The molecule has 0 saturated carbocycles. The van der Waals surface area contributed by atoms with E-state index >= 15 is 0 Å². The summed E-state index contributed by atoms with van der Waals surface area (Å²) in [6.45, 7) is 55.6. The van der Waals surface area contributed by atoms with E-state index in [0.717, 1.165) is 0 Å². The minimum absolute atomic E-state index is 0.532. The van der Waals surface area contributed by atoms with Crippen LogP contribution in [0.1, 0.15) is 304 Å². The monoisotopic (exact) mass is 1040 g/mol. The van der Waals surface area contributed by atoms with Gasteiger partial charge in [0.1, 0.15) is 0 Å². The minimum atomic E-state index is 0.532. The van der Waals surface area contributed by atoms with E-state index in [-0.39, 0.29) is 0 Å². The number of fused-ring (bicyclic) bond motifs is 6. The summed E-state index contributed by atoms with van der Waals surface area (Å²) in [6, 6.07) is 42.9. The van der Waals surface area contributed by atoms with Crippen LogP contribution in [0.3, 0.4) is 0 Å². The largest absolute Gasteiger partial charge is 0.0587 e. The third kappa shape index (κ3) is 12.2. The van der Waals surface area contributed by atoms with Crippen molar-refractivity contribution in [1.29, 1.82) is 0 Å². The summed E-state index contributed by atoms with van der Waals surface area (Å²) in [4.78, 5) is 0. The van der Waals surface area contributed by atoms with Gasteiger partial charge in [0.2, 0.25) is 0 Å². The molecule has 0 aliphatic carbocycles. The van der Waals surface area contributed by atoms with Gasteiger partial charge < -0.3 is 0 Å². The first-order chi connectivity index (χ1) is 36.6. The van der Waals surface area contributed by atoms with Gasteiger partial charge in [0.05, 0.1) is 0 Å². The Morgan fingerprint density at radius 3 is 0.641 bits per heavy atom. The molecule has 0 amide bonds. The van der Waals surface area contributed by atoms with Crippen molar-refractivity contribution in [2.24, 2.45) is 0 Å². The Labute approximate surface area is 475 Å². The van der Waals surface area contributed by atoms with E-state index < -0.39 is 0 Å². The zero-order chi connectivity index (χ0) is 57.5. The lowest BCUT2D eigenvalue weighted by Gasteiger charge is -2.22. The standard InChI is InChI=1S/3C26H34/c1-15(2)21-11-9-19-14-24-20(13-23(19)25(21)17(5)6)10-12-22(16(3)4)26(24)18(7)8;1-15(2)21-11-9-19-13-20-10-12-22(16(3)4)26(18(7)8)24(20)14-23(19)25(21)17(5)6;1-15(2)20-11-21-14-25-19(12-24(21)23(13-20)17(5)6)9-10-22(16(3)4)26(25)18(7)8/h3*9-18H,1-8H3. The second kappa shape index (κ2) is 24.5. The van der Waals surface area contributed by atoms with Gasteiger partial charge in [0.25, 0.3) is 0 Å². The fraction of sp³-hybridized carbons (Fsp3) is 0.462. The van der Waals surface area contributed by atoms with E-state index in [9.17, 15) is 0 Å². The second-order valence-electron chi connectivity index (χ2n) is 27.2. The van der Waals surface area contributed by atoms with Crippen LogP contribution >= 0.6 is 0 Å². The van der Waals surface area contributed by atoms with Crippen LogP contribution in [0, 0.1) is 0 Å². The molecule has 0 unspecified atom stereocenters. The molecular formula is C78H102. The molecule has 9 rings (SSSR count). The Kier molecular flexibility index (Phi) is 18.9. The van der Waals surface area contributed by atoms with Crippen LogP contribution in [-0.2, 0) is 0 Å². The second-order valence-corrected chi connectivity index (χ2v) is 27.2. The van der Waals surface area contributed by atoms with Crippen molar-refractivity contribution in [2.45, 2.75) is 237 Å². The maximum absolute atomic E-state index is 2.49. The fourth-order valence-corrected chi connectivity index (χ4v) is 13.3. The Bertz CT molecular complexity index is 3420. The van der Waals surface area contributed by atoms with Crippen LogP contribution in [0.2, 0.25) is 0 Å². The smallest absolute Gasteiger partial charge is 0.0140 e. The van der Waals surface area contributed by atoms with Crippen molar-refractivity contribution < 1.29 is 0 Å². The Hall–Kier alpha value is -5.46. The SMILES string of the molecule is CC(C)c1cc(C(C)C)c2cc3ccc(C(C)C)c(C(C)C)c3cc2c1.CC(C)c1ccc2cc3c(C(C)C)c(C(C)C)ccc3cc2c1C(C)C.CC(C)c1ccc2cc3ccc(C(C)C)c(C(C)C)c3cc2c1C(C)C. The van der Waals surface area contributed by atoms with E-state index in [2.05, 4.69) is 275 Å². The van der Waals surface area contributed by atoms with Gasteiger partial charge in [-0.3, -0.25) is 0 Å². The molecule has 9 aromatic carbocycles. The van der Waals surface area contributed by atoms with E-state index in [0.29, 0.717) is 71.0 Å². The Morgan fingerprint density at radius 1 is 0.167 bits per heavy atom.